The van der Waals surface area contributed by atoms with Crippen molar-refractivity contribution in [3.8, 4) is 0 Å². The number of hydrogen-bond donors (Lipinski definition) is 0. The van der Waals surface area contributed by atoms with E-state index in [0.717, 1.165) is 25.7 Å². The number of ketones is 1. The van der Waals surface area contributed by atoms with Gasteiger partial charge in [-0.25, -0.2) is 0 Å². The second-order valence-corrected chi connectivity index (χ2v) is 4.26. The Balaban J connectivity index is 1.96. The van der Waals surface area contributed by atoms with Crippen LogP contribution in [0.2, 0.25) is 0 Å². The Hall–Kier alpha value is -1.31. The molecule has 1 heterocycles. The molecule has 0 bridgehead atoms. The van der Waals surface area contributed by atoms with Gasteiger partial charge in [0.05, 0.1) is 12.5 Å². The second-order valence-electron chi connectivity index (χ2n) is 4.26. The van der Waals surface area contributed by atoms with Gasteiger partial charge in [-0.2, -0.15) is 0 Å². The lowest BCUT2D eigenvalue weighted by atomic mass is 9.85. The number of allylic oxidation sites excluding steroid dienone is 2. The molecule has 15 heavy (non-hydrogen) atoms. The Bertz CT molecular complexity index is 360. The van der Waals surface area contributed by atoms with Crippen LogP contribution in [0.5, 0.6) is 0 Å². The third-order valence-corrected chi connectivity index (χ3v) is 3.09. The first-order valence-corrected chi connectivity index (χ1v) is 5.50. The van der Waals surface area contributed by atoms with Crippen molar-refractivity contribution in [2.24, 2.45) is 5.92 Å². The third kappa shape index (κ3) is 2.58. The van der Waals surface area contributed by atoms with Crippen molar-refractivity contribution in [3.63, 3.8) is 0 Å². The Morgan fingerprint density at radius 1 is 1.47 bits per heavy atom. The Labute approximate surface area is 90.0 Å². The largest absolute Gasteiger partial charge is 0.472 e. The van der Waals surface area contributed by atoms with E-state index in [9.17, 15) is 4.79 Å². The number of carbonyl (C=O) groups is 1. The van der Waals surface area contributed by atoms with Crippen molar-refractivity contribution in [2.45, 2.75) is 32.6 Å². The predicted octanol–water partition coefficient (Wildman–Crippen LogP) is 3.14. The third-order valence-electron chi connectivity index (χ3n) is 3.09. The van der Waals surface area contributed by atoms with Gasteiger partial charge in [0, 0.05) is 6.42 Å². The minimum atomic E-state index is 0.287. The first kappa shape index (κ1) is 10.2. The lowest BCUT2D eigenvalue weighted by Gasteiger charge is -2.19. The number of rotatable bonds is 3. The molecule has 0 amide bonds. The van der Waals surface area contributed by atoms with Crippen LogP contribution < -0.4 is 0 Å². The highest BCUT2D eigenvalue weighted by molar-refractivity contribution is 5.91. The molecule has 1 aromatic rings. The molecule has 2 nitrogen and oxygen atoms in total. The molecule has 1 aromatic heterocycles. The topological polar surface area (TPSA) is 30.2 Å². The molecule has 0 aliphatic heterocycles. The van der Waals surface area contributed by atoms with Crippen molar-refractivity contribution < 1.29 is 9.21 Å². The number of hydrogen-bond acceptors (Lipinski definition) is 2. The molecule has 1 atom stereocenters. The first-order chi connectivity index (χ1) is 7.25. The number of aryl methyl sites for hydroxylation is 1. The van der Waals surface area contributed by atoms with Crippen molar-refractivity contribution >= 4 is 5.78 Å². The summed E-state index contributed by atoms with van der Waals surface area (Å²) in [6.07, 6.45) is 8.99. The van der Waals surface area contributed by atoms with Gasteiger partial charge in [-0.15, -0.1) is 0 Å². The molecule has 0 fully saturated rings. The summed E-state index contributed by atoms with van der Waals surface area (Å²) in [5.41, 5.74) is 2.51. The molecular formula is C13H16O2. The Morgan fingerprint density at radius 2 is 2.33 bits per heavy atom. The van der Waals surface area contributed by atoms with Crippen LogP contribution >= 0.6 is 0 Å². The molecule has 0 unspecified atom stereocenters. The maximum atomic E-state index is 11.3. The SMILES string of the molecule is C[C@@H]1CCC(=O)C=C1CCc1ccoc1. The monoisotopic (exact) mass is 204 g/mol. The number of furan rings is 1. The zero-order chi connectivity index (χ0) is 10.7. The molecule has 0 saturated heterocycles. The van der Waals surface area contributed by atoms with Crippen molar-refractivity contribution in [2.75, 3.05) is 0 Å². The van der Waals surface area contributed by atoms with Gasteiger partial charge in [0.1, 0.15) is 0 Å². The highest BCUT2D eigenvalue weighted by atomic mass is 16.3. The Kier molecular flexibility index (Phi) is 3.05. The van der Waals surface area contributed by atoms with E-state index >= 15 is 0 Å². The molecule has 2 rings (SSSR count). The van der Waals surface area contributed by atoms with E-state index in [-0.39, 0.29) is 5.78 Å². The summed E-state index contributed by atoms with van der Waals surface area (Å²) in [5.74, 6) is 0.852. The summed E-state index contributed by atoms with van der Waals surface area (Å²) in [6, 6.07) is 1.98. The van der Waals surface area contributed by atoms with E-state index in [1.165, 1.54) is 11.1 Å². The standard InChI is InChI=1S/C13H16O2/c1-10-2-5-13(14)8-12(10)4-3-11-6-7-15-9-11/h6-10H,2-5H2,1H3/t10-/m1/s1. The van der Waals surface area contributed by atoms with Crippen LogP contribution in [-0.4, -0.2) is 5.78 Å². The molecular weight excluding hydrogens is 188 g/mol. The molecule has 0 N–H and O–H groups in total. The fourth-order valence-corrected chi connectivity index (χ4v) is 2.01. The molecule has 0 spiro atoms. The van der Waals surface area contributed by atoms with Crippen LogP contribution in [0.3, 0.4) is 0 Å². The van der Waals surface area contributed by atoms with E-state index in [1.807, 2.05) is 12.1 Å². The highest BCUT2D eigenvalue weighted by Gasteiger charge is 2.17. The summed E-state index contributed by atoms with van der Waals surface area (Å²) < 4.78 is 5.02. The van der Waals surface area contributed by atoms with Gasteiger partial charge >= 0.3 is 0 Å². The van der Waals surface area contributed by atoms with Gasteiger partial charge in [-0.3, -0.25) is 4.79 Å². The lowest BCUT2D eigenvalue weighted by Crippen LogP contribution is -2.11. The summed E-state index contributed by atoms with van der Waals surface area (Å²) in [5, 5.41) is 0. The van der Waals surface area contributed by atoms with Crippen LogP contribution in [0.1, 0.15) is 31.7 Å². The van der Waals surface area contributed by atoms with Gasteiger partial charge in [-0.1, -0.05) is 12.5 Å². The van der Waals surface area contributed by atoms with Gasteiger partial charge in [0.25, 0.3) is 0 Å². The van der Waals surface area contributed by atoms with Gasteiger partial charge in [-0.05, 0) is 42.9 Å². The lowest BCUT2D eigenvalue weighted by molar-refractivity contribution is -0.115. The maximum absolute atomic E-state index is 11.3. The van der Waals surface area contributed by atoms with Crippen LogP contribution in [0.4, 0.5) is 0 Å². The van der Waals surface area contributed by atoms with Gasteiger partial charge in [0.2, 0.25) is 0 Å². The van der Waals surface area contributed by atoms with E-state index < -0.39 is 0 Å². The minimum absolute atomic E-state index is 0.287. The fraction of sp³-hybridized carbons (Fsp3) is 0.462. The molecule has 0 radical (unpaired) electrons. The normalized spacial score (nSPS) is 21.5. The highest BCUT2D eigenvalue weighted by Crippen LogP contribution is 2.26. The molecule has 1 aliphatic carbocycles. The quantitative estimate of drug-likeness (QED) is 0.757. The summed E-state index contributed by atoms with van der Waals surface area (Å²) >= 11 is 0. The molecule has 0 aromatic carbocycles. The van der Waals surface area contributed by atoms with Crippen LogP contribution in [0, 0.1) is 5.92 Å². The molecule has 2 heteroatoms. The smallest absolute Gasteiger partial charge is 0.155 e. The van der Waals surface area contributed by atoms with Crippen molar-refractivity contribution in [1.82, 2.24) is 0 Å². The van der Waals surface area contributed by atoms with Crippen molar-refractivity contribution in [1.29, 1.82) is 0 Å². The average Bonchev–Trinajstić information content (AvgIpc) is 2.72. The molecule has 0 saturated carbocycles. The predicted molar refractivity (Wildman–Crippen MR) is 58.5 cm³/mol. The zero-order valence-electron chi connectivity index (χ0n) is 9.03. The van der Waals surface area contributed by atoms with E-state index in [4.69, 9.17) is 4.42 Å². The van der Waals surface area contributed by atoms with Crippen LogP contribution in [-0.2, 0) is 11.2 Å². The summed E-state index contributed by atoms with van der Waals surface area (Å²) in [4.78, 5) is 11.3. The number of carbonyl (C=O) groups excluding carboxylic acids is 1. The van der Waals surface area contributed by atoms with E-state index in [2.05, 4.69) is 6.92 Å². The minimum Gasteiger partial charge on any atom is -0.472 e. The summed E-state index contributed by atoms with van der Waals surface area (Å²) in [6.45, 7) is 2.20. The molecule has 1 aliphatic rings. The summed E-state index contributed by atoms with van der Waals surface area (Å²) in [7, 11) is 0. The molecule has 80 valence electrons. The second kappa shape index (κ2) is 4.47. The van der Waals surface area contributed by atoms with Gasteiger partial charge in [0.15, 0.2) is 5.78 Å². The average molecular weight is 204 g/mol. The zero-order valence-corrected chi connectivity index (χ0v) is 9.03. The fourth-order valence-electron chi connectivity index (χ4n) is 2.01. The van der Waals surface area contributed by atoms with Crippen molar-refractivity contribution in [3.05, 3.63) is 35.8 Å². The van der Waals surface area contributed by atoms with Crippen LogP contribution in [0.25, 0.3) is 0 Å². The Morgan fingerprint density at radius 3 is 3.07 bits per heavy atom. The van der Waals surface area contributed by atoms with E-state index in [0.29, 0.717) is 5.92 Å². The van der Waals surface area contributed by atoms with Gasteiger partial charge < -0.3 is 4.42 Å². The van der Waals surface area contributed by atoms with Crippen LogP contribution in [0.15, 0.2) is 34.7 Å². The maximum Gasteiger partial charge on any atom is 0.155 e. The van der Waals surface area contributed by atoms with E-state index in [1.54, 1.807) is 12.5 Å². The first-order valence-electron chi connectivity index (χ1n) is 5.50.